The standard InChI is InChI=1S/C18H10F3N3OS/c19-18(20,21)15-13(11-4-2-1-3-5-11)10-14(26-15)17-23-16(24(17)25)12-6-8-22-9-7-12/h1-10H. The van der Waals surface area contributed by atoms with Gasteiger partial charge in [-0.05, 0) is 23.8 Å². The third-order valence-corrected chi connectivity index (χ3v) is 5.01. The Bertz CT molecular complexity index is 1020. The van der Waals surface area contributed by atoms with Gasteiger partial charge in [0, 0.05) is 18.0 Å². The maximum absolute atomic E-state index is 13.4. The second-order valence-electron chi connectivity index (χ2n) is 5.51. The van der Waals surface area contributed by atoms with Crippen LogP contribution in [0.3, 0.4) is 0 Å². The van der Waals surface area contributed by atoms with Gasteiger partial charge in [0.2, 0.25) is 0 Å². The number of alkyl halides is 3. The van der Waals surface area contributed by atoms with Crippen molar-refractivity contribution < 1.29 is 17.9 Å². The molecule has 3 heterocycles. The SMILES string of the molecule is [O-][N+]1=C(c2ccncc2)N=C1c1cc(-c2ccccc2)c(C(F)(F)F)s1. The molecule has 0 aliphatic carbocycles. The van der Waals surface area contributed by atoms with Gasteiger partial charge in [-0.1, -0.05) is 35.3 Å². The molecule has 4 rings (SSSR count). The molecule has 0 saturated heterocycles. The first kappa shape index (κ1) is 16.5. The van der Waals surface area contributed by atoms with Gasteiger partial charge in [-0.25, -0.2) is 4.74 Å². The van der Waals surface area contributed by atoms with Crippen molar-refractivity contribution in [1.29, 1.82) is 0 Å². The average molecular weight is 373 g/mol. The molecule has 1 aromatic carbocycles. The normalized spacial score (nSPS) is 14.2. The van der Waals surface area contributed by atoms with Gasteiger partial charge < -0.3 is 5.21 Å². The van der Waals surface area contributed by atoms with Gasteiger partial charge in [0.1, 0.15) is 9.75 Å². The smallest absolute Gasteiger partial charge is 0.426 e. The predicted molar refractivity (Wildman–Crippen MR) is 93.3 cm³/mol. The van der Waals surface area contributed by atoms with Gasteiger partial charge in [-0.15, -0.1) is 11.3 Å². The average Bonchev–Trinajstić information content (AvgIpc) is 3.07. The molecule has 130 valence electrons. The van der Waals surface area contributed by atoms with Crippen LogP contribution in [0.4, 0.5) is 13.2 Å². The van der Waals surface area contributed by atoms with Gasteiger partial charge in [0.15, 0.2) is 0 Å². The van der Waals surface area contributed by atoms with E-state index in [1.807, 2.05) is 0 Å². The third-order valence-electron chi connectivity index (χ3n) is 3.83. The summed E-state index contributed by atoms with van der Waals surface area (Å²) in [6.07, 6.45) is -1.47. The lowest BCUT2D eigenvalue weighted by Gasteiger charge is -2.20. The summed E-state index contributed by atoms with van der Waals surface area (Å²) in [5.74, 6) is 0.139. The summed E-state index contributed by atoms with van der Waals surface area (Å²) in [5.41, 5.74) is 1.05. The molecule has 1 aliphatic rings. The molecule has 4 nitrogen and oxygen atoms in total. The number of rotatable bonds is 3. The zero-order chi connectivity index (χ0) is 18.3. The molecule has 0 radical (unpaired) electrons. The van der Waals surface area contributed by atoms with E-state index in [0.29, 0.717) is 27.2 Å². The lowest BCUT2D eigenvalue weighted by molar-refractivity contribution is -0.337. The summed E-state index contributed by atoms with van der Waals surface area (Å²) in [6.45, 7) is 0. The first-order chi connectivity index (χ1) is 12.4. The van der Waals surface area contributed by atoms with Crippen molar-refractivity contribution in [2.24, 2.45) is 4.99 Å². The summed E-state index contributed by atoms with van der Waals surface area (Å²) >= 11 is 0.523. The van der Waals surface area contributed by atoms with Crippen molar-refractivity contribution in [3.05, 3.63) is 81.4 Å². The van der Waals surface area contributed by atoms with Crippen LogP contribution in [0.5, 0.6) is 0 Å². The summed E-state index contributed by atoms with van der Waals surface area (Å²) in [6, 6.07) is 12.9. The number of halogens is 3. The van der Waals surface area contributed by atoms with E-state index in [1.54, 1.807) is 42.5 Å². The van der Waals surface area contributed by atoms with Crippen LogP contribution in [-0.2, 0) is 6.18 Å². The van der Waals surface area contributed by atoms with E-state index in [9.17, 15) is 18.4 Å². The zero-order valence-corrected chi connectivity index (χ0v) is 13.9. The summed E-state index contributed by atoms with van der Waals surface area (Å²) in [7, 11) is 0. The highest BCUT2D eigenvalue weighted by Gasteiger charge is 2.38. The number of aromatic nitrogens is 1. The zero-order valence-electron chi connectivity index (χ0n) is 13.1. The molecule has 0 bridgehead atoms. The number of hydrogen-bond donors (Lipinski definition) is 0. The van der Waals surface area contributed by atoms with Crippen LogP contribution in [0.2, 0.25) is 0 Å². The van der Waals surface area contributed by atoms with Gasteiger partial charge in [0.05, 0.1) is 5.56 Å². The lowest BCUT2D eigenvalue weighted by Crippen LogP contribution is -2.32. The van der Waals surface area contributed by atoms with E-state index < -0.39 is 11.1 Å². The van der Waals surface area contributed by atoms with E-state index in [0.717, 1.165) is 0 Å². The van der Waals surface area contributed by atoms with Crippen molar-refractivity contribution >= 4 is 23.0 Å². The Labute approximate surface area is 150 Å². The van der Waals surface area contributed by atoms with E-state index in [1.165, 1.54) is 18.5 Å². The van der Waals surface area contributed by atoms with Crippen molar-refractivity contribution in [2.75, 3.05) is 0 Å². The minimum Gasteiger partial charge on any atom is -0.740 e. The fourth-order valence-electron chi connectivity index (χ4n) is 2.63. The molecule has 0 fully saturated rings. The van der Waals surface area contributed by atoms with Crippen LogP contribution >= 0.6 is 11.3 Å². The lowest BCUT2D eigenvalue weighted by atomic mass is 10.1. The van der Waals surface area contributed by atoms with Crippen LogP contribution in [-0.4, -0.2) is 21.4 Å². The number of nitrogens with zero attached hydrogens (tertiary/aromatic N) is 3. The van der Waals surface area contributed by atoms with Crippen molar-refractivity contribution in [1.82, 2.24) is 4.98 Å². The Balaban J connectivity index is 1.75. The van der Waals surface area contributed by atoms with Gasteiger partial charge in [-0.2, -0.15) is 13.2 Å². The molecule has 2 aromatic heterocycles. The number of aliphatic imine (C=N–C) groups is 1. The maximum atomic E-state index is 13.4. The van der Waals surface area contributed by atoms with E-state index >= 15 is 0 Å². The highest BCUT2D eigenvalue weighted by atomic mass is 32.1. The van der Waals surface area contributed by atoms with Crippen LogP contribution in [0.1, 0.15) is 15.3 Å². The van der Waals surface area contributed by atoms with Gasteiger partial charge in [0.25, 0.3) is 11.7 Å². The van der Waals surface area contributed by atoms with Crippen molar-refractivity contribution in [3.8, 4) is 11.1 Å². The first-order valence-corrected chi connectivity index (χ1v) is 8.37. The second kappa shape index (κ2) is 6.06. The highest BCUT2D eigenvalue weighted by molar-refractivity contribution is 7.14. The van der Waals surface area contributed by atoms with Crippen molar-refractivity contribution in [2.45, 2.75) is 6.18 Å². The minimum atomic E-state index is -4.51. The summed E-state index contributed by atoms with van der Waals surface area (Å²) in [4.78, 5) is 7.43. The number of hydrogen-bond acceptors (Lipinski definition) is 4. The number of benzene rings is 1. The van der Waals surface area contributed by atoms with Crippen LogP contribution in [0.25, 0.3) is 11.1 Å². The minimum absolute atomic E-state index is 0.0190. The van der Waals surface area contributed by atoms with Crippen molar-refractivity contribution in [3.63, 3.8) is 0 Å². The van der Waals surface area contributed by atoms with E-state index in [4.69, 9.17) is 0 Å². The molecule has 0 spiro atoms. The number of hydroxylamine groups is 1. The Morgan fingerprint density at radius 1 is 0.962 bits per heavy atom. The largest absolute Gasteiger partial charge is 0.740 e. The Morgan fingerprint density at radius 2 is 1.65 bits per heavy atom. The third kappa shape index (κ3) is 2.78. The molecular formula is C18H10F3N3OS. The van der Waals surface area contributed by atoms with Crippen LogP contribution in [0, 0.1) is 5.21 Å². The molecule has 0 unspecified atom stereocenters. The van der Waals surface area contributed by atoms with Crippen LogP contribution < -0.4 is 0 Å². The molecule has 8 heteroatoms. The molecule has 3 aromatic rings. The molecule has 0 atom stereocenters. The quantitative estimate of drug-likeness (QED) is 0.500. The Morgan fingerprint density at radius 3 is 2.27 bits per heavy atom. The maximum Gasteiger partial charge on any atom is 0.426 e. The predicted octanol–water partition coefficient (Wildman–Crippen LogP) is 4.55. The molecule has 26 heavy (non-hydrogen) atoms. The van der Waals surface area contributed by atoms with Crippen LogP contribution in [0.15, 0.2) is 65.9 Å². The summed E-state index contributed by atoms with van der Waals surface area (Å²) < 4.78 is 40.9. The van der Waals surface area contributed by atoms with Gasteiger partial charge >= 0.3 is 6.18 Å². The fourth-order valence-corrected chi connectivity index (χ4v) is 3.65. The fraction of sp³-hybridized carbons (Fsp3) is 0.0556. The number of amidine groups is 2. The molecule has 0 amide bonds. The molecule has 0 N–H and O–H groups in total. The topological polar surface area (TPSA) is 51.3 Å². The Kier molecular flexibility index (Phi) is 3.84. The molecular weight excluding hydrogens is 363 g/mol. The highest BCUT2D eigenvalue weighted by Crippen LogP contribution is 2.43. The monoisotopic (exact) mass is 373 g/mol. The Hall–Kier alpha value is -3.00. The van der Waals surface area contributed by atoms with Gasteiger partial charge in [-0.3, -0.25) is 4.98 Å². The molecule has 0 saturated carbocycles. The van der Waals surface area contributed by atoms with E-state index in [-0.39, 0.29) is 22.1 Å². The molecule has 1 aliphatic heterocycles. The first-order valence-electron chi connectivity index (χ1n) is 7.55. The second-order valence-corrected chi connectivity index (χ2v) is 6.56. The number of thiophene rings is 1. The summed E-state index contributed by atoms with van der Waals surface area (Å²) in [5, 5.41) is 12.3. The number of pyridine rings is 1. The van der Waals surface area contributed by atoms with E-state index in [2.05, 4.69) is 9.98 Å².